The number of hydrogen-bond acceptors (Lipinski definition) is 4. The number of phenolic OH excluding ortho intramolecular Hbond substituents is 1. The van der Waals surface area contributed by atoms with Crippen molar-refractivity contribution < 1.29 is 22.6 Å². The Bertz CT molecular complexity index is 301. The molecule has 1 aromatic carbocycles. The average Bonchev–Trinajstić information content (AvgIpc) is 1.85. The van der Waals surface area contributed by atoms with E-state index in [2.05, 4.69) is 0 Å². The lowest BCUT2D eigenvalue weighted by atomic mass is 10.3. The fourth-order valence-corrected chi connectivity index (χ4v) is 0.428. The van der Waals surface area contributed by atoms with E-state index in [-0.39, 0.29) is 6.15 Å². The fourth-order valence-electron chi connectivity index (χ4n) is 0.428. The predicted octanol–water partition coefficient (Wildman–Crippen LogP) is 0.901. The number of para-hydroxylation sites is 1. The SMILES string of the molecule is N.O=S(=O)(O)O.Oc1ccccc1. The molecule has 0 bridgehead atoms. The molecule has 0 spiro atoms. The van der Waals surface area contributed by atoms with Crippen LogP contribution in [-0.2, 0) is 10.4 Å². The molecule has 76 valence electrons. The number of phenols is 1. The van der Waals surface area contributed by atoms with Crippen LogP contribution in [0.5, 0.6) is 5.75 Å². The van der Waals surface area contributed by atoms with Gasteiger partial charge in [-0.05, 0) is 12.1 Å². The Morgan fingerprint density at radius 3 is 1.46 bits per heavy atom. The van der Waals surface area contributed by atoms with Crippen molar-refractivity contribution in [2.45, 2.75) is 0 Å². The minimum Gasteiger partial charge on any atom is -0.508 e. The first-order chi connectivity index (χ1) is 5.39. The largest absolute Gasteiger partial charge is 0.508 e. The van der Waals surface area contributed by atoms with E-state index < -0.39 is 10.4 Å². The van der Waals surface area contributed by atoms with Gasteiger partial charge in [-0.2, -0.15) is 8.42 Å². The highest BCUT2D eigenvalue weighted by atomic mass is 32.3. The zero-order chi connectivity index (χ0) is 9.61. The quantitative estimate of drug-likeness (QED) is 0.469. The van der Waals surface area contributed by atoms with Crippen LogP contribution in [0.15, 0.2) is 30.3 Å². The third-order valence-electron chi connectivity index (χ3n) is 0.756. The monoisotopic (exact) mass is 209 g/mol. The lowest BCUT2D eigenvalue weighted by Crippen LogP contribution is -1.89. The first-order valence-corrected chi connectivity index (χ1v) is 4.23. The second-order valence-electron chi connectivity index (χ2n) is 1.78. The van der Waals surface area contributed by atoms with Gasteiger partial charge in [0, 0.05) is 0 Å². The van der Waals surface area contributed by atoms with E-state index in [9.17, 15) is 0 Å². The van der Waals surface area contributed by atoms with Crippen molar-refractivity contribution in [2.24, 2.45) is 0 Å². The molecule has 0 saturated carbocycles. The van der Waals surface area contributed by atoms with E-state index in [0.717, 1.165) is 0 Å². The summed E-state index contributed by atoms with van der Waals surface area (Å²) in [5.41, 5.74) is 0. The first-order valence-electron chi connectivity index (χ1n) is 2.83. The van der Waals surface area contributed by atoms with Gasteiger partial charge < -0.3 is 11.3 Å². The van der Waals surface area contributed by atoms with Gasteiger partial charge in [-0.15, -0.1) is 0 Å². The van der Waals surface area contributed by atoms with Crippen LogP contribution in [0.4, 0.5) is 0 Å². The van der Waals surface area contributed by atoms with Gasteiger partial charge in [-0.1, -0.05) is 18.2 Å². The van der Waals surface area contributed by atoms with Crippen LogP contribution in [0.1, 0.15) is 0 Å². The zero-order valence-corrected chi connectivity index (χ0v) is 7.48. The number of hydrogen-bond donors (Lipinski definition) is 4. The lowest BCUT2D eigenvalue weighted by Gasteiger charge is -1.82. The Balaban J connectivity index is 0. The minimum atomic E-state index is -4.67. The summed E-state index contributed by atoms with van der Waals surface area (Å²) in [5.74, 6) is 0.322. The summed E-state index contributed by atoms with van der Waals surface area (Å²) in [5, 5.41) is 8.63. The van der Waals surface area contributed by atoms with Gasteiger partial charge in [0.25, 0.3) is 0 Å². The van der Waals surface area contributed by atoms with Gasteiger partial charge in [-0.25, -0.2) is 0 Å². The highest BCUT2D eigenvalue weighted by Gasteiger charge is 1.84. The topological polar surface area (TPSA) is 130 Å². The van der Waals surface area contributed by atoms with Gasteiger partial charge in [0.2, 0.25) is 0 Å². The molecule has 0 heterocycles. The molecule has 0 aromatic heterocycles. The van der Waals surface area contributed by atoms with Crippen molar-refractivity contribution in [1.29, 1.82) is 0 Å². The molecule has 1 aromatic rings. The Kier molecular flexibility index (Phi) is 7.05. The molecule has 0 fully saturated rings. The second kappa shape index (κ2) is 6.38. The molecule has 6 nitrogen and oxygen atoms in total. The summed E-state index contributed by atoms with van der Waals surface area (Å²) in [4.78, 5) is 0. The molecule has 7 heteroatoms. The summed E-state index contributed by atoms with van der Waals surface area (Å²) in [6, 6.07) is 8.71. The van der Waals surface area contributed by atoms with Crippen LogP contribution in [0.25, 0.3) is 0 Å². The zero-order valence-electron chi connectivity index (χ0n) is 6.66. The highest BCUT2D eigenvalue weighted by molar-refractivity contribution is 7.79. The Hall–Kier alpha value is -1.15. The molecule has 0 atom stereocenters. The maximum absolute atomic E-state index is 8.74. The van der Waals surface area contributed by atoms with Crippen molar-refractivity contribution in [1.82, 2.24) is 6.15 Å². The van der Waals surface area contributed by atoms with Gasteiger partial charge in [0.15, 0.2) is 0 Å². The van der Waals surface area contributed by atoms with E-state index in [1.54, 1.807) is 24.3 Å². The average molecular weight is 209 g/mol. The van der Waals surface area contributed by atoms with Crippen molar-refractivity contribution in [3.8, 4) is 5.75 Å². The maximum atomic E-state index is 8.74. The van der Waals surface area contributed by atoms with Gasteiger partial charge in [0.05, 0.1) is 0 Å². The molecule has 13 heavy (non-hydrogen) atoms. The van der Waals surface area contributed by atoms with Crippen LogP contribution < -0.4 is 6.15 Å². The molecular formula is C6H11NO5S. The Morgan fingerprint density at radius 1 is 1.00 bits per heavy atom. The van der Waals surface area contributed by atoms with Crippen LogP contribution in [0.2, 0.25) is 0 Å². The van der Waals surface area contributed by atoms with Crippen molar-refractivity contribution in [2.75, 3.05) is 0 Å². The standard InChI is InChI=1S/C6H6O.H3N.H2O4S/c7-6-4-2-1-3-5-6;;1-5(2,3)4/h1-5,7H;1H3;(H2,1,2,3,4). The van der Waals surface area contributed by atoms with E-state index in [1.807, 2.05) is 6.07 Å². The van der Waals surface area contributed by atoms with E-state index in [1.165, 1.54) is 0 Å². The summed E-state index contributed by atoms with van der Waals surface area (Å²) < 4.78 is 31.6. The molecule has 6 N–H and O–H groups in total. The molecule has 0 amide bonds. The second-order valence-corrected chi connectivity index (χ2v) is 2.68. The molecular weight excluding hydrogens is 198 g/mol. The summed E-state index contributed by atoms with van der Waals surface area (Å²) >= 11 is 0. The normalized spacial score (nSPS) is 9.08. The fraction of sp³-hybridized carbons (Fsp3) is 0. The predicted molar refractivity (Wildman–Crippen MR) is 47.3 cm³/mol. The molecule has 0 aliphatic carbocycles. The van der Waals surface area contributed by atoms with Crippen LogP contribution in [0, 0.1) is 0 Å². The number of aromatic hydroxyl groups is 1. The molecule has 0 aliphatic heterocycles. The number of benzene rings is 1. The smallest absolute Gasteiger partial charge is 0.394 e. The number of rotatable bonds is 0. The van der Waals surface area contributed by atoms with Crippen LogP contribution in [0.3, 0.4) is 0 Å². The third kappa shape index (κ3) is 18.1. The molecule has 0 radical (unpaired) electrons. The summed E-state index contributed by atoms with van der Waals surface area (Å²) in [6.07, 6.45) is 0. The molecule has 0 aliphatic rings. The summed E-state index contributed by atoms with van der Waals surface area (Å²) in [6.45, 7) is 0. The highest BCUT2D eigenvalue weighted by Crippen LogP contribution is 2.02. The lowest BCUT2D eigenvalue weighted by molar-refractivity contribution is 0.381. The maximum Gasteiger partial charge on any atom is 0.394 e. The Labute approximate surface area is 76.0 Å². The molecule has 0 saturated heterocycles. The third-order valence-corrected chi connectivity index (χ3v) is 0.756. The van der Waals surface area contributed by atoms with E-state index in [0.29, 0.717) is 5.75 Å². The van der Waals surface area contributed by atoms with Gasteiger partial charge in [0.1, 0.15) is 5.75 Å². The van der Waals surface area contributed by atoms with Crippen LogP contribution in [-0.4, -0.2) is 22.6 Å². The molecule has 1 rings (SSSR count). The van der Waals surface area contributed by atoms with Crippen molar-refractivity contribution >= 4 is 10.4 Å². The van der Waals surface area contributed by atoms with Gasteiger partial charge >= 0.3 is 10.4 Å². The van der Waals surface area contributed by atoms with E-state index >= 15 is 0 Å². The Morgan fingerprint density at radius 2 is 1.31 bits per heavy atom. The van der Waals surface area contributed by atoms with E-state index in [4.69, 9.17) is 22.6 Å². The minimum absolute atomic E-state index is 0. The van der Waals surface area contributed by atoms with Gasteiger partial charge in [-0.3, -0.25) is 9.11 Å². The summed E-state index contributed by atoms with van der Waals surface area (Å²) in [7, 11) is -4.67. The van der Waals surface area contributed by atoms with Crippen molar-refractivity contribution in [3.63, 3.8) is 0 Å². The van der Waals surface area contributed by atoms with Crippen LogP contribution >= 0.6 is 0 Å². The first kappa shape index (κ1) is 14.4. The molecule has 0 unspecified atom stereocenters. The van der Waals surface area contributed by atoms with Crippen molar-refractivity contribution in [3.05, 3.63) is 30.3 Å².